The van der Waals surface area contributed by atoms with E-state index in [0.29, 0.717) is 6.54 Å². The fraction of sp³-hybridized carbons (Fsp3) is 0.800. The summed E-state index contributed by atoms with van der Waals surface area (Å²) in [6.07, 6.45) is 5.44. The van der Waals surface area contributed by atoms with E-state index in [2.05, 4.69) is 29.5 Å². The number of aliphatic hydroxyl groups is 1. The Kier molecular flexibility index (Phi) is 4.98. The van der Waals surface area contributed by atoms with Gasteiger partial charge in [0.25, 0.3) is 0 Å². The summed E-state index contributed by atoms with van der Waals surface area (Å²) >= 11 is 1.68. The number of aromatic nitrogens is 1. The third kappa shape index (κ3) is 4.01. The molecule has 1 saturated carbocycles. The molecule has 1 aromatic rings. The molecule has 0 aromatic carbocycles. The van der Waals surface area contributed by atoms with Crippen LogP contribution in [0.5, 0.6) is 0 Å². The third-order valence-electron chi connectivity index (χ3n) is 4.43. The van der Waals surface area contributed by atoms with Crippen molar-refractivity contribution in [2.24, 2.45) is 5.92 Å². The predicted molar refractivity (Wildman–Crippen MR) is 80.5 cm³/mol. The molecule has 1 aromatic heterocycles. The molecule has 2 rings (SSSR count). The minimum absolute atomic E-state index is 0.220. The molecule has 1 fully saturated rings. The first kappa shape index (κ1) is 14.9. The molecule has 0 aliphatic heterocycles. The van der Waals surface area contributed by atoms with Crippen molar-refractivity contribution in [1.82, 2.24) is 10.3 Å². The van der Waals surface area contributed by atoms with Crippen LogP contribution in [0.15, 0.2) is 5.38 Å². The molecule has 2 N–H and O–H groups in total. The Hall–Kier alpha value is -0.450. The van der Waals surface area contributed by atoms with E-state index in [4.69, 9.17) is 0 Å². The molecule has 0 radical (unpaired) electrons. The Bertz CT molecular complexity index is 397. The smallest absolute Gasteiger partial charge is 0.0898 e. The van der Waals surface area contributed by atoms with Gasteiger partial charge in [0.15, 0.2) is 0 Å². The van der Waals surface area contributed by atoms with Gasteiger partial charge in [-0.05, 0) is 45.4 Å². The second-order valence-electron chi connectivity index (χ2n) is 5.97. The number of thiazole rings is 1. The maximum absolute atomic E-state index is 10.6. The van der Waals surface area contributed by atoms with Crippen LogP contribution in [0.25, 0.3) is 0 Å². The summed E-state index contributed by atoms with van der Waals surface area (Å²) < 4.78 is 0. The maximum atomic E-state index is 10.6. The minimum atomic E-state index is -0.509. The zero-order valence-electron chi connectivity index (χ0n) is 12.3. The zero-order valence-corrected chi connectivity index (χ0v) is 13.1. The first-order valence-electron chi connectivity index (χ1n) is 7.40. The van der Waals surface area contributed by atoms with Crippen LogP contribution in [0.4, 0.5) is 0 Å². The molecule has 1 atom stereocenters. The van der Waals surface area contributed by atoms with E-state index in [0.717, 1.165) is 29.5 Å². The molecule has 0 bridgehead atoms. The normalized spacial score (nSPS) is 29.4. The van der Waals surface area contributed by atoms with Crippen LogP contribution >= 0.6 is 11.3 Å². The molecule has 0 amide bonds. The van der Waals surface area contributed by atoms with Crippen molar-refractivity contribution in [3.63, 3.8) is 0 Å². The number of nitrogens with zero attached hydrogens (tertiary/aromatic N) is 1. The SMILES string of the molecule is CCC1CCC(O)(CNC(C)c2csc(C)n2)CC1. The number of nitrogens with one attached hydrogen (secondary N) is 1. The lowest BCUT2D eigenvalue weighted by molar-refractivity contribution is -0.0104. The summed E-state index contributed by atoms with van der Waals surface area (Å²) in [5.41, 5.74) is 0.582. The van der Waals surface area contributed by atoms with Gasteiger partial charge in [0, 0.05) is 18.0 Å². The number of rotatable bonds is 5. The van der Waals surface area contributed by atoms with Gasteiger partial charge in [-0.25, -0.2) is 4.98 Å². The maximum Gasteiger partial charge on any atom is 0.0898 e. The van der Waals surface area contributed by atoms with Gasteiger partial charge in [0.1, 0.15) is 0 Å². The molecular weight excluding hydrogens is 256 g/mol. The first-order chi connectivity index (χ1) is 9.02. The summed E-state index contributed by atoms with van der Waals surface area (Å²) in [6.45, 7) is 7.08. The van der Waals surface area contributed by atoms with E-state index in [1.54, 1.807) is 11.3 Å². The lowest BCUT2D eigenvalue weighted by atomic mass is 9.78. The van der Waals surface area contributed by atoms with Gasteiger partial charge in [0.05, 0.1) is 16.3 Å². The van der Waals surface area contributed by atoms with Crippen LogP contribution < -0.4 is 5.32 Å². The second kappa shape index (κ2) is 6.33. The summed E-state index contributed by atoms with van der Waals surface area (Å²) in [7, 11) is 0. The largest absolute Gasteiger partial charge is 0.389 e. The van der Waals surface area contributed by atoms with Crippen LogP contribution in [0.2, 0.25) is 0 Å². The monoisotopic (exact) mass is 282 g/mol. The molecule has 3 nitrogen and oxygen atoms in total. The average molecular weight is 282 g/mol. The highest BCUT2D eigenvalue weighted by molar-refractivity contribution is 7.09. The fourth-order valence-electron chi connectivity index (χ4n) is 2.83. The van der Waals surface area contributed by atoms with Gasteiger partial charge in [-0.2, -0.15) is 0 Å². The summed E-state index contributed by atoms with van der Waals surface area (Å²) in [5.74, 6) is 0.818. The van der Waals surface area contributed by atoms with Crippen molar-refractivity contribution in [2.45, 2.75) is 64.5 Å². The Balaban J connectivity index is 1.81. The van der Waals surface area contributed by atoms with E-state index in [1.165, 1.54) is 19.3 Å². The van der Waals surface area contributed by atoms with Gasteiger partial charge in [-0.15, -0.1) is 11.3 Å². The van der Waals surface area contributed by atoms with E-state index in [9.17, 15) is 5.11 Å². The standard InChI is InChI=1S/C15H26N2OS/c1-4-13-5-7-15(18,8-6-13)10-16-11(2)14-9-19-12(3)17-14/h9,11,13,16,18H,4-8,10H2,1-3H3. The first-order valence-corrected chi connectivity index (χ1v) is 8.28. The van der Waals surface area contributed by atoms with Crippen LogP contribution in [-0.2, 0) is 0 Å². The molecular formula is C15H26N2OS. The Labute approximate surface area is 120 Å². The van der Waals surface area contributed by atoms with E-state index in [-0.39, 0.29) is 6.04 Å². The topological polar surface area (TPSA) is 45.1 Å². The highest BCUT2D eigenvalue weighted by Crippen LogP contribution is 2.33. The van der Waals surface area contributed by atoms with Gasteiger partial charge >= 0.3 is 0 Å². The van der Waals surface area contributed by atoms with Crippen LogP contribution in [-0.4, -0.2) is 22.2 Å². The molecule has 1 aliphatic carbocycles. The second-order valence-corrected chi connectivity index (χ2v) is 7.03. The third-order valence-corrected chi connectivity index (χ3v) is 5.22. The molecule has 1 aliphatic rings. The van der Waals surface area contributed by atoms with Crippen LogP contribution in [0.1, 0.15) is 62.7 Å². The number of aryl methyl sites for hydroxylation is 1. The summed E-state index contributed by atoms with van der Waals surface area (Å²) in [4.78, 5) is 4.50. The highest BCUT2D eigenvalue weighted by atomic mass is 32.1. The van der Waals surface area contributed by atoms with E-state index < -0.39 is 5.60 Å². The average Bonchev–Trinajstić information content (AvgIpc) is 2.84. The van der Waals surface area contributed by atoms with Crippen molar-refractivity contribution < 1.29 is 5.11 Å². The fourth-order valence-corrected chi connectivity index (χ4v) is 3.53. The van der Waals surface area contributed by atoms with E-state index >= 15 is 0 Å². The summed E-state index contributed by atoms with van der Waals surface area (Å²) in [5, 5.41) is 17.3. The number of hydrogen-bond acceptors (Lipinski definition) is 4. The molecule has 4 heteroatoms. The molecule has 0 spiro atoms. The molecule has 1 heterocycles. The summed E-state index contributed by atoms with van der Waals surface area (Å²) in [6, 6.07) is 0.220. The lowest BCUT2D eigenvalue weighted by Crippen LogP contribution is -2.44. The van der Waals surface area contributed by atoms with Crippen molar-refractivity contribution in [3.05, 3.63) is 16.1 Å². The van der Waals surface area contributed by atoms with Crippen molar-refractivity contribution in [1.29, 1.82) is 0 Å². The molecule has 108 valence electrons. The number of hydrogen-bond donors (Lipinski definition) is 2. The predicted octanol–water partition coefficient (Wildman–Crippen LogP) is 3.43. The lowest BCUT2D eigenvalue weighted by Gasteiger charge is -2.36. The minimum Gasteiger partial charge on any atom is -0.389 e. The zero-order chi connectivity index (χ0) is 13.9. The Morgan fingerprint density at radius 2 is 2.21 bits per heavy atom. The van der Waals surface area contributed by atoms with Crippen molar-refractivity contribution in [2.75, 3.05) is 6.54 Å². The van der Waals surface area contributed by atoms with Gasteiger partial charge in [-0.3, -0.25) is 0 Å². The van der Waals surface area contributed by atoms with Gasteiger partial charge < -0.3 is 10.4 Å². The van der Waals surface area contributed by atoms with Crippen LogP contribution in [0, 0.1) is 12.8 Å². The molecule has 19 heavy (non-hydrogen) atoms. The van der Waals surface area contributed by atoms with Gasteiger partial charge in [-0.1, -0.05) is 13.3 Å². The molecule has 0 saturated heterocycles. The van der Waals surface area contributed by atoms with E-state index in [1.807, 2.05) is 6.92 Å². The Morgan fingerprint density at radius 3 is 2.74 bits per heavy atom. The van der Waals surface area contributed by atoms with Crippen LogP contribution in [0.3, 0.4) is 0 Å². The highest BCUT2D eigenvalue weighted by Gasteiger charge is 2.32. The Morgan fingerprint density at radius 1 is 1.53 bits per heavy atom. The quantitative estimate of drug-likeness (QED) is 0.869. The van der Waals surface area contributed by atoms with Crippen molar-refractivity contribution >= 4 is 11.3 Å². The molecule has 1 unspecified atom stereocenters. The van der Waals surface area contributed by atoms with Gasteiger partial charge in [0.2, 0.25) is 0 Å². The van der Waals surface area contributed by atoms with Crippen molar-refractivity contribution in [3.8, 4) is 0 Å².